The van der Waals surface area contributed by atoms with Crippen molar-refractivity contribution in [3.05, 3.63) is 29.8 Å². The molecule has 0 aliphatic heterocycles. The fourth-order valence-electron chi connectivity index (χ4n) is 1.89. The molecule has 0 fully saturated rings. The molecule has 0 radical (unpaired) electrons. The van der Waals surface area contributed by atoms with Crippen molar-refractivity contribution >= 4 is 5.91 Å². The van der Waals surface area contributed by atoms with Crippen LogP contribution < -0.4 is 10.1 Å². The Labute approximate surface area is 126 Å². The van der Waals surface area contributed by atoms with Crippen LogP contribution in [-0.4, -0.2) is 55.3 Å². The summed E-state index contributed by atoms with van der Waals surface area (Å²) >= 11 is 0. The molecule has 1 rings (SSSR count). The SMILES string of the molecule is CCc1cccc(OCC(O)CNC(C)C(=O)N(C)C)c1. The second-order valence-corrected chi connectivity index (χ2v) is 5.33. The van der Waals surface area contributed by atoms with Gasteiger partial charge < -0.3 is 20.1 Å². The average Bonchev–Trinajstić information content (AvgIpc) is 2.49. The third kappa shape index (κ3) is 6.14. The Hall–Kier alpha value is -1.59. The maximum absolute atomic E-state index is 11.7. The normalized spacial score (nSPS) is 13.6. The molecule has 2 N–H and O–H groups in total. The summed E-state index contributed by atoms with van der Waals surface area (Å²) in [5.74, 6) is 0.740. The van der Waals surface area contributed by atoms with E-state index in [0.29, 0.717) is 6.54 Å². The molecule has 0 aliphatic carbocycles. The summed E-state index contributed by atoms with van der Waals surface area (Å²) in [5.41, 5.74) is 1.20. The van der Waals surface area contributed by atoms with Gasteiger partial charge in [0.15, 0.2) is 0 Å². The number of rotatable bonds is 8. The number of hydrogen-bond donors (Lipinski definition) is 2. The minimum Gasteiger partial charge on any atom is -0.491 e. The molecule has 0 spiro atoms. The van der Waals surface area contributed by atoms with Gasteiger partial charge in [0.1, 0.15) is 18.5 Å². The largest absolute Gasteiger partial charge is 0.491 e. The zero-order chi connectivity index (χ0) is 15.8. The second kappa shape index (κ2) is 8.64. The summed E-state index contributed by atoms with van der Waals surface area (Å²) in [6.07, 6.45) is 0.290. The number of likely N-dealkylation sites (N-methyl/N-ethyl adjacent to an activating group) is 1. The summed E-state index contributed by atoms with van der Waals surface area (Å²) in [4.78, 5) is 13.2. The minimum absolute atomic E-state index is 0.0150. The number of hydrogen-bond acceptors (Lipinski definition) is 4. The van der Waals surface area contributed by atoms with E-state index in [-0.39, 0.29) is 18.6 Å². The lowest BCUT2D eigenvalue weighted by Gasteiger charge is -2.20. The van der Waals surface area contributed by atoms with E-state index in [0.717, 1.165) is 12.2 Å². The Morgan fingerprint density at radius 2 is 2.14 bits per heavy atom. The Balaban J connectivity index is 2.33. The molecule has 0 bridgehead atoms. The number of carbonyl (C=O) groups is 1. The number of nitrogens with zero attached hydrogens (tertiary/aromatic N) is 1. The van der Waals surface area contributed by atoms with Crippen LogP contribution in [0, 0.1) is 0 Å². The van der Waals surface area contributed by atoms with Crippen molar-refractivity contribution in [2.75, 3.05) is 27.2 Å². The maximum atomic E-state index is 11.7. The topological polar surface area (TPSA) is 61.8 Å². The first-order valence-electron chi connectivity index (χ1n) is 7.28. The monoisotopic (exact) mass is 294 g/mol. The molecular formula is C16H26N2O3. The number of aliphatic hydroxyl groups excluding tert-OH is 1. The maximum Gasteiger partial charge on any atom is 0.238 e. The van der Waals surface area contributed by atoms with E-state index >= 15 is 0 Å². The van der Waals surface area contributed by atoms with Gasteiger partial charge in [-0.25, -0.2) is 0 Å². The smallest absolute Gasteiger partial charge is 0.238 e. The van der Waals surface area contributed by atoms with E-state index in [9.17, 15) is 9.90 Å². The molecule has 0 saturated heterocycles. The first-order chi connectivity index (χ1) is 9.93. The molecule has 5 heteroatoms. The highest BCUT2D eigenvalue weighted by molar-refractivity contribution is 5.80. The van der Waals surface area contributed by atoms with E-state index in [1.54, 1.807) is 21.0 Å². The van der Waals surface area contributed by atoms with E-state index < -0.39 is 6.10 Å². The predicted octanol–water partition coefficient (Wildman–Crippen LogP) is 1.05. The molecule has 2 atom stereocenters. The number of aliphatic hydroxyl groups is 1. The van der Waals surface area contributed by atoms with Gasteiger partial charge in [0, 0.05) is 20.6 Å². The zero-order valence-corrected chi connectivity index (χ0v) is 13.3. The van der Waals surface area contributed by atoms with E-state index in [2.05, 4.69) is 12.2 Å². The number of carbonyl (C=O) groups excluding carboxylic acids is 1. The average molecular weight is 294 g/mol. The quantitative estimate of drug-likeness (QED) is 0.752. The summed E-state index contributed by atoms with van der Waals surface area (Å²) in [7, 11) is 3.42. The van der Waals surface area contributed by atoms with Gasteiger partial charge in [-0.3, -0.25) is 4.79 Å². The van der Waals surface area contributed by atoms with Crippen molar-refractivity contribution in [3.63, 3.8) is 0 Å². The van der Waals surface area contributed by atoms with Crippen LogP contribution in [0.3, 0.4) is 0 Å². The van der Waals surface area contributed by atoms with Crippen LogP contribution in [0.25, 0.3) is 0 Å². The van der Waals surface area contributed by atoms with Crippen molar-refractivity contribution in [2.24, 2.45) is 0 Å². The standard InChI is InChI=1S/C16H26N2O3/c1-5-13-7-6-8-15(9-13)21-11-14(19)10-17-12(2)16(20)18(3)4/h6-9,12,14,17,19H,5,10-11H2,1-4H3. The van der Waals surface area contributed by atoms with Crippen LogP contribution in [0.4, 0.5) is 0 Å². The third-order valence-corrected chi connectivity index (χ3v) is 3.22. The Kier molecular flexibility index (Phi) is 7.19. The van der Waals surface area contributed by atoms with Crippen LogP contribution in [-0.2, 0) is 11.2 Å². The molecule has 0 saturated carbocycles. The lowest BCUT2D eigenvalue weighted by Crippen LogP contribution is -2.45. The van der Waals surface area contributed by atoms with E-state index in [1.807, 2.05) is 24.3 Å². The van der Waals surface area contributed by atoms with Crippen LogP contribution in [0.5, 0.6) is 5.75 Å². The van der Waals surface area contributed by atoms with Crippen molar-refractivity contribution < 1.29 is 14.6 Å². The summed E-state index contributed by atoms with van der Waals surface area (Å²) < 4.78 is 5.57. The van der Waals surface area contributed by atoms with Gasteiger partial charge in [-0.1, -0.05) is 19.1 Å². The van der Waals surface area contributed by atoms with Crippen molar-refractivity contribution in [3.8, 4) is 5.75 Å². The first-order valence-corrected chi connectivity index (χ1v) is 7.28. The van der Waals surface area contributed by atoms with Crippen LogP contribution >= 0.6 is 0 Å². The Bertz CT molecular complexity index is 449. The number of benzene rings is 1. The van der Waals surface area contributed by atoms with Gasteiger partial charge in [0.2, 0.25) is 5.91 Å². The van der Waals surface area contributed by atoms with Gasteiger partial charge in [0.25, 0.3) is 0 Å². The predicted molar refractivity (Wildman–Crippen MR) is 83.5 cm³/mol. The lowest BCUT2D eigenvalue weighted by molar-refractivity contribution is -0.130. The zero-order valence-electron chi connectivity index (χ0n) is 13.3. The summed E-state index contributed by atoms with van der Waals surface area (Å²) in [6, 6.07) is 7.50. The highest BCUT2D eigenvalue weighted by Crippen LogP contribution is 2.13. The lowest BCUT2D eigenvalue weighted by atomic mass is 10.2. The van der Waals surface area contributed by atoms with Crippen molar-refractivity contribution in [2.45, 2.75) is 32.4 Å². The first kappa shape index (κ1) is 17.5. The molecule has 118 valence electrons. The molecule has 1 aromatic rings. The fourth-order valence-corrected chi connectivity index (χ4v) is 1.89. The number of amides is 1. The van der Waals surface area contributed by atoms with Gasteiger partial charge in [-0.2, -0.15) is 0 Å². The minimum atomic E-state index is -0.660. The van der Waals surface area contributed by atoms with Gasteiger partial charge in [-0.05, 0) is 31.0 Å². The van der Waals surface area contributed by atoms with Gasteiger partial charge in [0.05, 0.1) is 6.04 Å². The second-order valence-electron chi connectivity index (χ2n) is 5.33. The molecule has 0 aliphatic rings. The van der Waals surface area contributed by atoms with Gasteiger partial charge >= 0.3 is 0 Å². The Morgan fingerprint density at radius 1 is 1.43 bits per heavy atom. The molecular weight excluding hydrogens is 268 g/mol. The van der Waals surface area contributed by atoms with Crippen LogP contribution in [0.1, 0.15) is 19.4 Å². The number of ether oxygens (including phenoxy) is 1. The molecule has 0 heterocycles. The van der Waals surface area contributed by atoms with E-state index in [1.165, 1.54) is 10.5 Å². The third-order valence-electron chi connectivity index (χ3n) is 3.22. The van der Waals surface area contributed by atoms with Crippen molar-refractivity contribution in [1.82, 2.24) is 10.2 Å². The molecule has 0 aromatic heterocycles. The van der Waals surface area contributed by atoms with Crippen LogP contribution in [0.2, 0.25) is 0 Å². The van der Waals surface area contributed by atoms with E-state index in [4.69, 9.17) is 4.74 Å². The number of nitrogens with one attached hydrogen (secondary N) is 1. The van der Waals surface area contributed by atoms with Crippen LogP contribution in [0.15, 0.2) is 24.3 Å². The highest BCUT2D eigenvalue weighted by atomic mass is 16.5. The number of aryl methyl sites for hydroxylation is 1. The molecule has 5 nitrogen and oxygen atoms in total. The molecule has 1 amide bonds. The highest BCUT2D eigenvalue weighted by Gasteiger charge is 2.15. The van der Waals surface area contributed by atoms with Gasteiger partial charge in [-0.15, -0.1) is 0 Å². The van der Waals surface area contributed by atoms with Crippen molar-refractivity contribution in [1.29, 1.82) is 0 Å². The fraction of sp³-hybridized carbons (Fsp3) is 0.562. The molecule has 2 unspecified atom stereocenters. The Morgan fingerprint density at radius 3 is 2.76 bits per heavy atom. The molecule has 21 heavy (non-hydrogen) atoms. The summed E-state index contributed by atoms with van der Waals surface area (Å²) in [5, 5.41) is 12.9. The molecule has 1 aromatic carbocycles. The summed E-state index contributed by atoms with van der Waals surface area (Å²) in [6.45, 7) is 4.37.